The molecule has 4 N–H and O–H groups in total. The van der Waals surface area contributed by atoms with E-state index in [4.69, 9.17) is 23.7 Å². The van der Waals surface area contributed by atoms with Gasteiger partial charge in [0.05, 0.1) is 35.6 Å². The highest BCUT2D eigenvalue weighted by molar-refractivity contribution is 5.96. The van der Waals surface area contributed by atoms with Gasteiger partial charge in [-0.2, -0.15) is 0 Å². The largest absolute Gasteiger partial charge is 0.456 e. The number of ketones is 1. The second-order valence-electron chi connectivity index (χ2n) is 17.4. The zero-order chi connectivity index (χ0) is 44.9. The predicted molar refractivity (Wildman–Crippen MR) is 218 cm³/mol. The smallest absolute Gasteiger partial charge is 0.338 e. The molecule has 0 spiro atoms. The van der Waals surface area contributed by atoms with E-state index in [2.05, 4.69) is 5.32 Å². The molecule has 2 bridgehead atoms. The number of hydrogen-bond donors (Lipinski definition) is 4. The molecule has 328 valence electrons. The van der Waals surface area contributed by atoms with Gasteiger partial charge in [0.25, 0.3) is 5.91 Å². The van der Waals surface area contributed by atoms with Crippen LogP contribution < -0.4 is 5.32 Å². The minimum Gasteiger partial charge on any atom is -0.456 e. The Morgan fingerprint density at radius 2 is 1.40 bits per heavy atom. The third-order valence-electron chi connectivity index (χ3n) is 13.5. The fraction of sp³-hybridized carbons (Fsp3) is 0.447. The molecule has 1 saturated heterocycles. The number of Topliss-reactive ketones (excluding diaryl/α,β-unsaturated/α-hetero) is 1. The minimum absolute atomic E-state index is 0.00289. The Morgan fingerprint density at radius 3 is 1.95 bits per heavy atom. The highest BCUT2D eigenvalue weighted by atomic mass is 16.6. The second kappa shape index (κ2) is 16.5. The van der Waals surface area contributed by atoms with Crippen LogP contribution in [0.5, 0.6) is 0 Å². The van der Waals surface area contributed by atoms with Gasteiger partial charge in [-0.25, -0.2) is 9.59 Å². The van der Waals surface area contributed by atoms with Crippen molar-refractivity contribution < 1.29 is 67.8 Å². The highest BCUT2D eigenvalue weighted by Crippen LogP contribution is 2.64. The Bertz CT molecular complexity index is 2280. The molecule has 4 aliphatic rings. The van der Waals surface area contributed by atoms with Crippen molar-refractivity contribution in [2.24, 2.45) is 16.7 Å². The summed E-state index contributed by atoms with van der Waals surface area (Å²) in [5.74, 6) is -6.84. The molecule has 0 radical (unpaired) electrons. The molecule has 15 heteroatoms. The fourth-order valence-electron chi connectivity index (χ4n) is 10.2. The van der Waals surface area contributed by atoms with Crippen LogP contribution in [-0.4, -0.2) is 105 Å². The van der Waals surface area contributed by atoms with Crippen LogP contribution in [0.15, 0.2) is 102 Å². The standard InChI is InChI=1S/C47H51NO14/c1-25-31(60-43(56)36(52)35(28-16-10-7-11-17-28)48-41(54)29-18-12-8-13-19-29)23-47(57)40(61-42(55)30-20-14-9-15-21-30)38-45(6,32(51)22-33-46(38,24-58-33)62-27(3)50)39(53)37(59-26(2)49)34(25)44(47,4)5/h7-21,31-33,35-38,40,51-52,57H,22-24H2,1-6H3,(H,48,54)/i8+1,12+1,13+1,18+1,19+1,29+1. The van der Waals surface area contributed by atoms with Crippen LogP contribution >= 0.6 is 0 Å². The van der Waals surface area contributed by atoms with E-state index in [1.807, 2.05) is 0 Å². The number of ether oxygens (including phenoxy) is 5. The summed E-state index contributed by atoms with van der Waals surface area (Å²) in [5, 5.41) is 40.2. The summed E-state index contributed by atoms with van der Waals surface area (Å²) in [4.78, 5) is 83.5. The lowest BCUT2D eigenvalue weighted by Crippen LogP contribution is -2.82. The van der Waals surface area contributed by atoms with Gasteiger partial charge in [-0.05, 0) is 54.8 Å². The lowest BCUT2D eigenvalue weighted by molar-refractivity contribution is -0.346. The molecule has 62 heavy (non-hydrogen) atoms. The molecule has 0 aromatic heterocycles. The fourth-order valence-corrected chi connectivity index (χ4v) is 10.2. The van der Waals surface area contributed by atoms with E-state index in [-0.39, 0.29) is 35.3 Å². The summed E-state index contributed by atoms with van der Waals surface area (Å²) in [6, 6.07) is 22.9. The van der Waals surface area contributed by atoms with Gasteiger partial charge in [0.1, 0.15) is 23.9 Å². The lowest BCUT2D eigenvalue weighted by atomic mass is 9.44. The van der Waals surface area contributed by atoms with E-state index < -0.39 is 113 Å². The number of carbonyl (C=O) groups is 6. The summed E-state index contributed by atoms with van der Waals surface area (Å²) in [6.07, 6.45) is -10.5. The molecule has 3 aromatic carbocycles. The molecule has 11 unspecified atom stereocenters. The maximum Gasteiger partial charge on any atom is 0.338 e. The highest BCUT2D eigenvalue weighted by Gasteiger charge is 2.78. The zero-order valence-corrected chi connectivity index (χ0v) is 35.2. The van der Waals surface area contributed by atoms with Crippen LogP contribution in [0.25, 0.3) is 0 Å². The quantitative estimate of drug-likeness (QED) is 0.130. The monoisotopic (exact) mass is 859 g/mol. The number of esters is 4. The molecule has 1 aliphatic heterocycles. The summed E-state index contributed by atoms with van der Waals surface area (Å²) >= 11 is 0. The normalized spacial score (nSPS) is 31.9. The minimum atomic E-state index is -2.39. The van der Waals surface area contributed by atoms with Crippen LogP contribution in [0.1, 0.15) is 86.7 Å². The molecule has 3 aliphatic carbocycles. The molecule has 11 atom stereocenters. The first-order valence-corrected chi connectivity index (χ1v) is 20.5. The van der Waals surface area contributed by atoms with E-state index in [1.165, 1.54) is 26.0 Å². The number of aliphatic hydroxyl groups excluding tert-OH is 2. The van der Waals surface area contributed by atoms with Crippen LogP contribution in [0.3, 0.4) is 0 Å². The molecule has 2 saturated carbocycles. The van der Waals surface area contributed by atoms with Gasteiger partial charge < -0.3 is 44.3 Å². The predicted octanol–water partition coefficient (Wildman–Crippen LogP) is 3.74. The third-order valence-corrected chi connectivity index (χ3v) is 13.5. The first kappa shape index (κ1) is 44.3. The van der Waals surface area contributed by atoms with Crippen molar-refractivity contribution in [1.29, 1.82) is 0 Å². The topological polar surface area (TPSA) is 221 Å². The first-order valence-electron chi connectivity index (χ1n) is 20.5. The summed E-state index contributed by atoms with van der Waals surface area (Å²) < 4.78 is 30.3. The van der Waals surface area contributed by atoms with Crippen molar-refractivity contribution in [3.8, 4) is 0 Å². The van der Waals surface area contributed by atoms with Crippen molar-refractivity contribution in [2.45, 2.75) is 108 Å². The third kappa shape index (κ3) is 7.29. The van der Waals surface area contributed by atoms with E-state index in [9.17, 15) is 39.3 Å². The molecule has 1 amide bonds. The van der Waals surface area contributed by atoms with Crippen LogP contribution in [-0.2, 0) is 42.9 Å². The molecule has 7 rings (SSSR count). The summed E-state index contributed by atoms with van der Waals surface area (Å²) in [7, 11) is 0. The van der Waals surface area contributed by atoms with Crippen molar-refractivity contribution >= 4 is 35.6 Å². The Hall–Kier alpha value is -5.74. The second-order valence-corrected chi connectivity index (χ2v) is 17.4. The van der Waals surface area contributed by atoms with Crippen LogP contribution in [0.2, 0.25) is 0 Å². The number of benzene rings is 3. The zero-order valence-electron chi connectivity index (χ0n) is 35.2. The molecule has 3 fully saturated rings. The molecule has 3 aromatic rings. The van der Waals surface area contributed by atoms with Gasteiger partial charge in [0, 0.05) is 37.7 Å². The number of nitrogens with one attached hydrogen (secondary N) is 1. The van der Waals surface area contributed by atoms with Crippen molar-refractivity contribution in [3.63, 3.8) is 0 Å². The lowest BCUT2D eigenvalue weighted by Gasteiger charge is -2.67. The molecule has 1 heterocycles. The van der Waals surface area contributed by atoms with Gasteiger partial charge in [-0.15, -0.1) is 0 Å². The number of amides is 1. The van der Waals surface area contributed by atoms with Gasteiger partial charge in [0.15, 0.2) is 23.6 Å². The number of aliphatic hydroxyl groups is 3. The summed E-state index contributed by atoms with van der Waals surface area (Å²) in [6.45, 7) is 7.97. The SMILES string of the molecule is CC(=O)OC1C(=O)C2(C)C(O)CC3OCC3(OC(C)=O)C2C(OC(=O)c2ccccc2)C2(O)CC(OC(=O)C(O)C(NC(=O)[13c]3[13cH][13cH][13cH][13cH][13cH]3)c3ccccc3)C(C)=C1C2(C)C. The average molecular weight is 860 g/mol. The number of hydrogen-bond acceptors (Lipinski definition) is 14. The van der Waals surface area contributed by atoms with Gasteiger partial charge >= 0.3 is 23.9 Å². The van der Waals surface area contributed by atoms with E-state index in [0.29, 0.717) is 5.56 Å². The molecule has 15 nitrogen and oxygen atoms in total. The Balaban J connectivity index is 1.39. The van der Waals surface area contributed by atoms with Crippen LogP contribution in [0, 0.1) is 16.7 Å². The Labute approximate surface area is 358 Å². The number of rotatable bonds is 10. The maximum absolute atomic E-state index is 15.5. The molecular formula is C47H51NO14. The van der Waals surface area contributed by atoms with Gasteiger partial charge in [-0.1, -0.05) is 80.6 Å². The maximum atomic E-state index is 15.5. The van der Waals surface area contributed by atoms with Crippen molar-refractivity contribution in [1.82, 2.24) is 5.32 Å². The average Bonchev–Trinajstić information content (AvgIpc) is 3.24. The Morgan fingerprint density at radius 1 is 0.823 bits per heavy atom. The van der Waals surface area contributed by atoms with Gasteiger partial charge in [0.2, 0.25) is 0 Å². The molecular weight excluding hydrogens is 808 g/mol. The first-order chi connectivity index (χ1) is 29.3. The van der Waals surface area contributed by atoms with Crippen LogP contribution in [0.4, 0.5) is 0 Å². The Kier molecular flexibility index (Phi) is 11.8. The van der Waals surface area contributed by atoms with E-state index in [0.717, 1.165) is 13.8 Å². The van der Waals surface area contributed by atoms with E-state index >= 15 is 4.79 Å². The number of carbonyl (C=O) groups excluding carboxylic acids is 6. The number of fused-ring (bicyclic) bond motifs is 5. The van der Waals surface area contributed by atoms with Crippen molar-refractivity contribution in [2.75, 3.05) is 6.61 Å². The van der Waals surface area contributed by atoms with Gasteiger partial charge in [-0.3, -0.25) is 19.2 Å². The summed E-state index contributed by atoms with van der Waals surface area (Å²) in [5.41, 5.74) is -7.02. The van der Waals surface area contributed by atoms with Crippen molar-refractivity contribution in [3.05, 3.63) is 119 Å². The van der Waals surface area contributed by atoms with E-state index in [1.54, 1.807) is 92.7 Å².